The van der Waals surface area contributed by atoms with Crippen molar-refractivity contribution in [3.05, 3.63) is 45.9 Å². The van der Waals surface area contributed by atoms with Gasteiger partial charge in [-0.1, -0.05) is 0 Å². The van der Waals surface area contributed by atoms with Gasteiger partial charge < -0.3 is 11.1 Å². The van der Waals surface area contributed by atoms with Gasteiger partial charge >= 0.3 is 0 Å². The molecule has 0 aliphatic rings. The zero-order chi connectivity index (χ0) is 12.3. The van der Waals surface area contributed by atoms with E-state index in [1.165, 1.54) is 11.3 Å². The monoisotopic (exact) mass is 247 g/mol. The molecule has 88 valence electrons. The van der Waals surface area contributed by atoms with Crippen molar-refractivity contribution in [2.75, 3.05) is 5.73 Å². The van der Waals surface area contributed by atoms with Gasteiger partial charge in [0.15, 0.2) is 0 Å². The zero-order valence-corrected chi connectivity index (χ0v) is 10.3. The Bertz CT molecular complexity index is 536. The fraction of sp³-hybridized carbons (Fsp3) is 0.167. The zero-order valence-electron chi connectivity index (χ0n) is 9.43. The van der Waals surface area contributed by atoms with Crippen LogP contribution in [0.2, 0.25) is 0 Å². The molecule has 2 aromatic rings. The lowest BCUT2D eigenvalue weighted by molar-refractivity contribution is 0.0955. The number of carbonyl (C=O) groups excluding carboxylic acids is 1. The predicted octanol–water partition coefficient (Wildman–Crippen LogP) is 1.96. The first-order valence-corrected chi connectivity index (χ1v) is 6.07. The maximum atomic E-state index is 11.8. The van der Waals surface area contributed by atoms with Crippen LogP contribution < -0.4 is 11.1 Å². The molecule has 0 atom stereocenters. The van der Waals surface area contributed by atoms with Crippen LogP contribution in [-0.4, -0.2) is 10.9 Å². The lowest BCUT2D eigenvalue weighted by atomic mass is 10.1. The van der Waals surface area contributed by atoms with Crippen molar-refractivity contribution in [2.24, 2.45) is 0 Å². The van der Waals surface area contributed by atoms with Gasteiger partial charge in [-0.05, 0) is 35.6 Å². The topological polar surface area (TPSA) is 68.0 Å². The normalized spacial score (nSPS) is 10.2. The number of pyridine rings is 1. The first kappa shape index (κ1) is 11.6. The molecule has 1 amide bonds. The number of nitrogens with two attached hydrogens (primary N) is 1. The van der Waals surface area contributed by atoms with Crippen LogP contribution in [0, 0.1) is 6.92 Å². The van der Waals surface area contributed by atoms with E-state index in [1.807, 2.05) is 13.0 Å². The molecule has 2 aromatic heterocycles. The smallest absolute Gasteiger partial charge is 0.263 e. The first-order chi connectivity index (χ1) is 8.18. The third kappa shape index (κ3) is 2.62. The average Bonchev–Trinajstić information content (AvgIpc) is 2.74. The molecule has 0 unspecified atom stereocenters. The summed E-state index contributed by atoms with van der Waals surface area (Å²) in [6.07, 6.45) is 3.49. The van der Waals surface area contributed by atoms with E-state index in [0.29, 0.717) is 17.1 Å². The second-order valence-electron chi connectivity index (χ2n) is 3.69. The Morgan fingerprint density at radius 2 is 2.35 bits per heavy atom. The van der Waals surface area contributed by atoms with Crippen LogP contribution in [0.25, 0.3) is 0 Å². The van der Waals surface area contributed by atoms with Crippen molar-refractivity contribution in [2.45, 2.75) is 13.5 Å². The molecule has 0 fully saturated rings. The summed E-state index contributed by atoms with van der Waals surface area (Å²) in [6, 6.07) is 3.65. The van der Waals surface area contributed by atoms with Gasteiger partial charge in [0, 0.05) is 18.9 Å². The van der Waals surface area contributed by atoms with Crippen LogP contribution in [0.3, 0.4) is 0 Å². The molecule has 2 heterocycles. The van der Waals surface area contributed by atoms with Crippen LogP contribution in [-0.2, 0) is 6.54 Å². The summed E-state index contributed by atoms with van der Waals surface area (Å²) in [5, 5.41) is 4.64. The second-order valence-corrected chi connectivity index (χ2v) is 4.61. The number of carbonyl (C=O) groups is 1. The van der Waals surface area contributed by atoms with Gasteiger partial charge in [0.05, 0.1) is 5.69 Å². The average molecular weight is 247 g/mol. The molecule has 4 nitrogen and oxygen atoms in total. The molecule has 5 heteroatoms. The quantitative estimate of drug-likeness (QED) is 0.871. The standard InChI is InChI=1S/C12H13N3OS/c1-8-2-4-14-6-9(8)7-15-12(16)11-10(13)3-5-17-11/h2-6H,7,13H2,1H3,(H,15,16). The molecule has 0 aromatic carbocycles. The van der Waals surface area contributed by atoms with E-state index in [-0.39, 0.29) is 5.91 Å². The summed E-state index contributed by atoms with van der Waals surface area (Å²) in [5.41, 5.74) is 8.32. The summed E-state index contributed by atoms with van der Waals surface area (Å²) >= 11 is 1.34. The van der Waals surface area contributed by atoms with Crippen molar-refractivity contribution in [3.8, 4) is 0 Å². The Balaban J connectivity index is 2.02. The second kappa shape index (κ2) is 4.97. The molecule has 0 saturated heterocycles. The fourth-order valence-electron chi connectivity index (χ4n) is 1.44. The number of thiophene rings is 1. The van der Waals surface area contributed by atoms with E-state index in [4.69, 9.17) is 5.73 Å². The van der Waals surface area contributed by atoms with Crippen molar-refractivity contribution in [1.29, 1.82) is 0 Å². The van der Waals surface area contributed by atoms with Gasteiger partial charge in [-0.25, -0.2) is 0 Å². The number of nitrogens with zero attached hydrogens (tertiary/aromatic N) is 1. The van der Waals surface area contributed by atoms with Crippen molar-refractivity contribution in [1.82, 2.24) is 10.3 Å². The minimum atomic E-state index is -0.138. The largest absolute Gasteiger partial charge is 0.397 e. The highest BCUT2D eigenvalue weighted by molar-refractivity contribution is 7.12. The van der Waals surface area contributed by atoms with Crippen LogP contribution >= 0.6 is 11.3 Å². The van der Waals surface area contributed by atoms with E-state index in [2.05, 4.69) is 10.3 Å². The molecule has 2 rings (SSSR count). The number of hydrogen-bond donors (Lipinski definition) is 2. The molecule has 0 spiro atoms. The number of amides is 1. The maximum Gasteiger partial charge on any atom is 0.263 e. The van der Waals surface area contributed by atoms with Crippen LogP contribution in [0.4, 0.5) is 5.69 Å². The van der Waals surface area contributed by atoms with E-state index in [1.54, 1.807) is 23.8 Å². The highest BCUT2D eigenvalue weighted by Gasteiger charge is 2.10. The van der Waals surface area contributed by atoms with Crippen LogP contribution in [0.5, 0.6) is 0 Å². The molecule has 3 N–H and O–H groups in total. The number of aryl methyl sites for hydroxylation is 1. The number of nitrogen functional groups attached to an aromatic ring is 1. The number of aromatic nitrogens is 1. The third-order valence-electron chi connectivity index (χ3n) is 2.49. The Morgan fingerprint density at radius 1 is 1.53 bits per heavy atom. The molecule has 0 aliphatic heterocycles. The van der Waals surface area contributed by atoms with Crippen molar-refractivity contribution >= 4 is 22.9 Å². The van der Waals surface area contributed by atoms with Crippen LogP contribution in [0.15, 0.2) is 29.9 Å². The molecular formula is C12H13N3OS. The van der Waals surface area contributed by atoms with E-state index in [9.17, 15) is 4.79 Å². The number of hydrogen-bond acceptors (Lipinski definition) is 4. The summed E-state index contributed by atoms with van der Waals surface area (Å²) in [6.45, 7) is 2.46. The SMILES string of the molecule is Cc1ccncc1CNC(=O)c1sccc1N. The van der Waals surface area contributed by atoms with Gasteiger partial charge in [0.2, 0.25) is 0 Å². The van der Waals surface area contributed by atoms with Gasteiger partial charge in [-0.15, -0.1) is 11.3 Å². The highest BCUT2D eigenvalue weighted by atomic mass is 32.1. The minimum absolute atomic E-state index is 0.138. The summed E-state index contributed by atoms with van der Waals surface area (Å²) in [7, 11) is 0. The number of anilines is 1. The molecule has 0 radical (unpaired) electrons. The molecular weight excluding hydrogens is 234 g/mol. The Morgan fingerprint density at radius 3 is 3.00 bits per heavy atom. The highest BCUT2D eigenvalue weighted by Crippen LogP contribution is 2.18. The predicted molar refractivity (Wildman–Crippen MR) is 68.9 cm³/mol. The van der Waals surface area contributed by atoms with Gasteiger partial charge in [0.1, 0.15) is 4.88 Å². The molecule has 17 heavy (non-hydrogen) atoms. The first-order valence-electron chi connectivity index (χ1n) is 5.19. The van der Waals surface area contributed by atoms with Crippen molar-refractivity contribution in [3.63, 3.8) is 0 Å². The van der Waals surface area contributed by atoms with E-state index >= 15 is 0 Å². The number of rotatable bonds is 3. The van der Waals surface area contributed by atoms with E-state index < -0.39 is 0 Å². The summed E-state index contributed by atoms with van der Waals surface area (Å²) in [4.78, 5) is 16.4. The Labute approximate surface area is 103 Å². The molecule has 0 saturated carbocycles. The molecule has 0 bridgehead atoms. The Kier molecular flexibility index (Phi) is 3.39. The van der Waals surface area contributed by atoms with E-state index in [0.717, 1.165) is 11.1 Å². The van der Waals surface area contributed by atoms with Crippen molar-refractivity contribution < 1.29 is 4.79 Å². The Hall–Kier alpha value is -1.88. The van der Waals surface area contributed by atoms with Gasteiger partial charge in [-0.2, -0.15) is 0 Å². The van der Waals surface area contributed by atoms with Gasteiger partial charge in [0.25, 0.3) is 5.91 Å². The van der Waals surface area contributed by atoms with Crippen LogP contribution in [0.1, 0.15) is 20.8 Å². The maximum absolute atomic E-state index is 11.8. The fourth-order valence-corrected chi connectivity index (χ4v) is 2.18. The lowest BCUT2D eigenvalue weighted by Gasteiger charge is -2.06. The minimum Gasteiger partial charge on any atom is -0.397 e. The summed E-state index contributed by atoms with van der Waals surface area (Å²) < 4.78 is 0. The molecule has 0 aliphatic carbocycles. The van der Waals surface area contributed by atoms with Gasteiger partial charge in [-0.3, -0.25) is 9.78 Å². The number of nitrogens with one attached hydrogen (secondary N) is 1. The third-order valence-corrected chi connectivity index (χ3v) is 3.42. The lowest BCUT2D eigenvalue weighted by Crippen LogP contribution is -2.23. The summed E-state index contributed by atoms with van der Waals surface area (Å²) in [5.74, 6) is -0.138.